The molecule has 0 aliphatic heterocycles. The highest BCUT2D eigenvalue weighted by molar-refractivity contribution is 9.11. The Balaban J connectivity index is 2.04. The van der Waals surface area contributed by atoms with Crippen molar-refractivity contribution >= 4 is 37.5 Å². The largest absolute Gasteiger partial charge is 0.380 e. The number of nitrogens with one attached hydrogen (secondary N) is 1. The molecule has 2 aromatic carbocycles. The fraction of sp³-hybridized carbons (Fsp3) is 0.143. The van der Waals surface area contributed by atoms with E-state index in [1.165, 1.54) is 11.1 Å². The third kappa shape index (κ3) is 3.58. The molecule has 0 saturated heterocycles. The van der Waals surface area contributed by atoms with Gasteiger partial charge in [-0.1, -0.05) is 45.8 Å². The van der Waals surface area contributed by atoms with Gasteiger partial charge in [0.2, 0.25) is 0 Å². The molecule has 1 N–H and O–H groups in total. The van der Waals surface area contributed by atoms with Gasteiger partial charge in [-0.2, -0.15) is 0 Å². The Morgan fingerprint density at radius 1 is 1.00 bits per heavy atom. The Morgan fingerprint density at radius 3 is 2.35 bits per heavy atom. The van der Waals surface area contributed by atoms with Gasteiger partial charge in [-0.3, -0.25) is 0 Å². The van der Waals surface area contributed by atoms with Crippen LogP contribution in [0.1, 0.15) is 11.1 Å². The van der Waals surface area contributed by atoms with Gasteiger partial charge in [0.05, 0.1) is 0 Å². The first kappa shape index (κ1) is 12.7. The maximum atomic E-state index is 3.54. The van der Waals surface area contributed by atoms with Crippen LogP contribution in [0.3, 0.4) is 0 Å². The van der Waals surface area contributed by atoms with Gasteiger partial charge in [0.1, 0.15) is 0 Å². The summed E-state index contributed by atoms with van der Waals surface area (Å²) in [6.07, 6.45) is 0. The van der Waals surface area contributed by atoms with E-state index in [0.717, 1.165) is 21.2 Å². The summed E-state index contributed by atoms with van der Waals surface area (Å²) in [5.41, 5.74) is 3.68. The lowest BCUT2D eigenvalue weighted by Gasteiger charge is -2.09. The molecule has 0 atom stereocenters. The van der Waals surface area contributed by atoms with Gasteiger partial charge in [-0.05, 0) is 46.6 Å². The van der Waals surface area contributed by atoms with Gasteiger partial charge in [0.25, 0.3) is 0 Å². The van der Waals surface area contributed by atoms with Crippen molar-refractivity contribution in [2.45, 2.75) is 13.5 Å². The number of benzene rings is 2. The van der Waals surface area contributed by atoms with E-state index in [4.69, 9.17) is 0 Å². The van der Waals surface area contributed by atoms with Gasteiger partial charge < -0.3 is 5.32 Å². The molecule has 3 heteroatoms. The summed E-state index contributed by atoms with van der Waals surface area (Å²) in [5, 5.41) is 3.41. The van der Waals surface area contributed by atoms with Crippen LogP contribution < -0.4 is 5.32 Å². The first-order valence-corrected chi connectivity index (χ1v) is 6.98. The van der Waals surface area contributed by atoms with Crippen molar-refractivity contribution in [1.82, 2.24) is 0 Å². The van der Waals surface area contributed by atoms with Gasteiger partial charge in [-0.25, -0.2) is 0 Å². The minimum Gasteiger partial charge on any atom is -0.380 e. The van der Waals surface area contributed by atoms with Gasteiger partial charge >= 0.3 is 0 Å². The van der Waals surface area contributed by atoms with Gasteiger partial charge in [-0.15, -0.1) is 0 Å². The summed E-state index contributed by atoms with van der Waals surface area (Å²) in [6.45, 7) is 2.93. The Kier molecular flexibility index (Phi) is 4.24. The molecule has 0 heterocycles. The normalized spacial score (nSPS) is 10.3. The molecule has 1 nitrogen and oxygen atoms in total. The Labute approximate surface area is 119 Å². The number of aryl methyl sites for hydroxylation is 1. The topological polar surface area (TPSA) is 12.0 Å². The molecule has 2 rings (SSSR count). The van der Waals surface area contributed by atoms with Crippen molar-refractivity contribution in [1.29, 1.82) is 0 Å². The van der Waals surface area contributed by atoms with E-state index in [2.05, 4.69) is 74.4 Å². The fourth-order valence-corrected chi connectivity index (χ4v) is 2.72. The molecule has 0 amide bonds. The average molecular weight is 355 g/mol. The second-order valence-corrected chi connectivity index (χ2v) is 5.73. The lowest BCUT2D eigenvalue weighted by molar-refractivity contribution is 1.14. The van der Waals surface area contributed by atoms with Crippen molar-refractivity contribution < 1.29 is 0 Å². The highest BCUT2D eigenvalue weighted by Crippen LogP contribution is 2.26. The quantitative estimate of drug-likeness (QED) is 0.805. The van der Waals surface area contributed by atoms with Crippen molar-refractivity contribution in [2.24, 2.45) is 0 Å². The Morgan fingerprint density at radius 2 is 1.71 bits per heavy atom. The number of halogens is 2. The smallest absolute Gasteiger partial charge is 0.0488 e. The Bertz CT molecular complexity index is 506. The molecule has 0 aliphatic carbocycles. The minimum absolute atomic E-state index is 0.834. The van der Waals surface area contributed by atoms with E-state index < -0.39 is 0 Å². The zero-order valence-corrected chi connectivity index (χ0v) is 12.7. The molecule has 0 radical (unpaired) electrons. The summed E-state index contributed by atoms with van der Waals surface area (Å²) < 4.78 is 2.14. The van der Waals surface area contributed by atoms with E-state index in [9.17, 15) is 0 Å². The average Bonchev–Trinajstić information content (AvgIpc) is 2.30. The number of hydrogen-bond donors (Lipinski definition) is 1. The van der Waals surface area contributed by atoms with Crippen LogP contribution in [0, 0.1) is 6.92 Å². The molecule has 0 unspecified atom stereocenters. The highest BCUT2D eigenvalue weighted by atomic mass is 79.9. The predicted octanol–water partition coefficient (Wildman–Crippen LogP) is 5.13. The lowest BCUT2D eigenvalue weighted by atomic mass is 10.1. The van der Waals surface area contributed by atoms with Crippen LogP contribution in [0.15, 0.2) is 51.4 Å². The summed E-state index contributed by atoms with van der Waals surface area (Å²) in [6, 6.07) is 14.7. The van der Waals surface area contributed by atoms with Crippen LogP contribution in [0.25, 0.3) is 0 Å². The predicted molar refractivity (Wildman–Crippen MR) is 80.3 cm³/mol. The van der Waals surface area contributed by atoms with Crippen LogP contribution in [0.5, 0.6) is 0 Å². The Hall–Kier alpha value is -0.800. The maximum Gasteiger partial charge on any atom is 0.0488 e. The van der Waals surface area contributed by atoms with E-state index in [-0.39, 0.29) is 0 Å². The van der Waals surface area contributed by atoms with Gasteiger partial charge in [0.15, 0.2) is 0 Å². The van der Waals surface area contributed by atoms with Crippen molar-refractivity contribution in [3.05, 3.63) is 62.5 Å². The number of anilines is 1. The first-order chi connectivity index (χ1) is 8.15. The second kappa shape index (κ2) is 5.69. The van der Waals surface area contributed by atoms with E-state index in [1.807, 2.05) is 12.1 Å². The molecule has 17 heavy (non-hydrogen) atoms. The van der Waals surface area contributed by atoms with Crippen molar-refractivity contribution in [2.75, 3.05) is 5.32 Å². The third-order valence-electron chi connectivity index (χ3n) is 2.53. The SMILES string of the molecule is Cc1ccc(CNc2ccc(Br)cc2Br)cc1. The summed E-state index contributed by atoms with van der Waals surface area (Å²) in [5.74, 6) is 0. The highest BCUT2D eigenvalue weighted by Gasteiger charge is 2.00. The van der Waals surface area contributed by atoms with E-state index in [1.54, 1.807) is 0 Å². The lowest BCUT2D eigenvalue weighted by Crippen LogP contribution is -1.99. The van der Waals surface area contributed by atoms with Crippen molar-refractivity contribution in [3.8, 4) is 0 Å². The first-order valence-electron chi connectivity index (χ1n) is 5.39. The molecule has 0 bridgehead atoms. The maximum absolute atomic E-state index is 3.54. The van der Waals surface area contributed by atoms with Crippen LogP contribution in [-0.4, -0.2) is 0 Å². The van der Waals surface area contributed by atoms with Crippen LogP contribution in [0.2, 0.25) is 0 Å². The second-order valence-electron chi connectivity index (χ2n) is 3.96. The van der Waals surface area contributed by atoms with E-state index >= 15 is 0 Å². The number of hydrogen-bond acceptors (Lipinski definition) is 1. The molecule has 0 saturated carbocycles. The fourth-order valence-electron chi connectivity index (χ4n) is 1.54. The van der Waals surface area contributed by atoms with E-state index in [0.29, 0.717) is 0 Å². The molecule has 0 spiro atoms. The molecule has 0 aromatic heterocycles. The summed E-state index contributed by atoms with van der Waals surface area (Å²) in [4.78, 5) is 0. The van der Waals surface area contributed by atoms with Crippen LogP contribution in [0.4, 0.5) is 5.69 Å². The third-order valence-corrected chi connectivity index (χ3v) is 3.68. The number of rotatable bonds is 3. The van der Waals surface area contributed by atoms with Gasteiger partial charge in [0, 0.05) is 21.2 Å². The van der Waals surface area contributed by atoms with Crippen LogP contribution >= 0.6 is 31.9 Å². The summed E-state index contributed by atoms with van der Waals surface area (Å²) >= 11 is 6.98. The standard InChI is InChI=1S/C14H13Br2N/c1-10-2-4-11(5-3-10)9-17-14-7-6-12(15)8-13(14)16/h2-8,17H,9H2,1H3. The van der Waals surface area contributed by atoms with Crippen molar-refractivity contribution in [3.63, 3.8) is 0 Å². The molecular weight excluding hydrogens is 342 g/mol. The minimum atomic E-state index is 0.834. The molecule has 0 fully saturated rings. The zero-order valence-electron chi connectivity index (χ0n) is 9.50. The monoisotopic (exact) mass is 353 g/mol. The summed E-state index contributed by atoms with van der Waals surface area (Å²) in [7, 11) is 0. The zero-order chi connectivity index (χ0) is 12.3. The van der Waals surface area contributed by atoms with Crippen LogP contribution in [-0.2, 0) is 6.54 Å². The molecule has 2 aromatic rings. The molecule has 88 valence electrons. The molecular formula is C14H13Br2N. The molecule has 0 aliphatic rings.